The second-order valence-corrected chi connectivity index (χ2v) is 7.23. The highest BCUT2D eigenvalue weighted by Crippen LogP contribution is 2.18. The number of nitrogens with zero attached hydrogens (tertiary/aromatic N) is 1. The second-order valence-electron chi connectivity index (χ2n) is 7.23. The number of aliphatic hydroxyl groups excluding tert-OH is 1. The van der Waals surface area contributed by atoms with Gasteiger partial charge in [-0.05, 0) is 61.9 Å². The lowest BCUT2D eigenvalue weighted by molar-refractivity contribution is 0.120. The summed E-state index contributed by atoms with van der Waals surface area (Å²) in [5, 5.41) is 16.7. The van der Waals surface area contributed by atoms with Gasteiger partial charge in [-0.25, -0.2) is 0 Å². The first-order valence-electron chi connectivity index (χ1n) is 10.1. The van der Waals surface area contributed by atoms with E-state index in [0.29, 0.717) is 12.6 Å². The molecule has 3 N–H and O–H groups in total. The molecule has 28 heavy (non-hydrogen) atoms. The Morgan fingerprint density at radius 1 is 1.14 bits per heavy atom. The summed E-state index contributed by atoms with van der Waals surface area (Å²) in [4.78, 5) is 4.72. The fourth-order valence-corrected chi connectivity index (χ4v) is 3.42. The highest BCUT2D eigenvalue weighted by Gasteiger charge is 2.20. The molecule has 1 fully saturated rings. The van der Waals surface area contributed by atoms with Crippen molar-refractivity contribution in [2.75, 3.05) is 20.2 Å². The van der Waals surface area contributed by atoms with Crippen LogP contribution in [0.15, 0.2) is 52.1 Å². The molecule has 1 aliphatic rings. The van der Waals surface area contributed by atoms with Gasteiger partial charge < -0.3 is 24.9 Å². The molecular weight excluding hydrogens is 354 g/mol. The Morgan fingerprint density at radius 3 is 2.61 bits per heavy atom. The number of nitrogens with one attached hydrogen (secondary N) is 2. The predicted octanol–water partition coefficient (Wildman–Crippen LogP) is 2.91. The van der Waals surface area contributed by atoms with Gasteiger partial charge in [0.15, 0.2) is 5.96 Å². The molecule has 2 aromatic rings. The van der Waals surface area contributed by atoms with Crippen LogP contribution in [-0.2, 0) is 12.8 Å². The Labute approximate surface area is 167 Å². The van der Waals surface area contributed by atoms with E-state index < -0.39 is 0 Å². The molecule has 6 heteroatoms. The molecular formula is C22H31N3O3. The summed E-state index contributed by atoms with van der Waals surface area (Å²) >= 11 is 0. The molecule has 0 bridgehead atoms. The third-order valence-electron chi connectivity index (χ3n) is 5.11. The van der Waals surface area contributed by atoms with Crippen LogP contribution in [0.4, 0.5) is 0 Å². The van der Waals surface area contributed by atoms with Gasteiger partial charge in [0.05, 0.1) is 19.5 Å². The van der Waals surface area contributed by atoms with E-state index in [9.17, 15) is 5.11 Å². The number of hydrogen-bond acceptors (Lipinski definition) is 4. The summed E-state index contributed by atoms with van der Waals surface area (Å²) in [6.07, 6.45) is 6.87. The van der Waals surface area contributed by atoms with E-state index in [1.165, 1.54) is 5.56 Å². The first-order valence-corrected chi connectivity index (χ1v) is 10.1. The minimum Gasteiger partial charge on any atom is -0.497 e. The third-order valence-corrected chi connectivity index (χ3v) is 5.11. The molecule has 1 aromatic heterocycles. The molecule has 3 rings (SSSR count). The van der Waals surface area contributed by atoms with Crippen molar-refractivity contribution < 1.29 is 14.3 Å². The summed E-state index contributed by atoms with van der Waals surface area (Å²) in [6, 6.07) is 12.4. The van der Waals surface area contributed by atoms with E-state index in [1.54, 1.807) is 13.4 Å². The maximum atomic E-state index is 9.72. The number of rotatable bonds is 8. The SMILES string of the molecule is COc1ccc(CCNC(=NCCc2ccco2)NC2CCC(O)CC2)cc1. The number of ether oxygens (including phenoxy) is 1. The Hall–Kier alpha value is -2.47. The molecule has 0 unspecified atom stereocenters. The maximum Gasteiger partial charge on any atom is 0.191 e. The van der Waals surface area contributed by atoms with Gasteiger partial charge in [-0.3, -0.25) is 4.99 Å². The van der Waals surface area contributed by atoms with Crippen molar-refractivity contribution in [3.8, 4) is 5.75 Å². The number of hydrogen-bond donors (Lipinski definition) is 3. The lowest BCUT2D eigenvalue weighted by Crippen LogP contribution is -2.46. The number of guanidine groups is 1. The van der Waals surface area contributed by atoms with Crippen molar-refractivity contribution in [3.63, 3.8) is 0 Å². The average molecular weight is 386 g/mol. The van der Waals surface area contributed by atoms with E-state index in [-0.39, 0.29) is 6.10 Å². The summed E-state index contributed by atoms with van der Waals surface area (Å²) in [5.41, 5.74) is 1.25. The van der Waals surface area contributed by atoms with Crippen LogP contribution in [0.5, 0.6) is 5.75 Å². The van der Waals surface area contributed by atoms with Crippen molar-refractivity contribution in [3.05, 3.63) is 54.0 Å². The van der Waals surface area contributed by atoms with Crippen molar-refractivity contribution in [2.24, 2.45) is 4.99 Å². The number of furan rings is 1. The largest absolute Gasteiger partial charge is 0.497 e. The Bertz CT molecular complexity index is 705. The fraction of sp³-hybridized carbons (Fsp3) is 0.500. The number of benzene rings is 1. The molecule has 6 nitrogen and oxygen atoms in total. The normalized spacial score (nSPS) is 20.0. The molecule has 152 valence electrons. The van der Waals surface area contributed by atoms with Gasteiger partial charge in [-0.15, -0.1) is 0 Å². The molecule has 0 amide bonds. The van der Waals surface area contributed by atoms with Crippen LogP contribution in [-0.4, -0.2) is 43.4 Å². The standard InChI is InChI=1S/C22H31N3O3/c1-27-20-10-4-17(5-11-20)12-14-23-22(24-15-13-21-3-2-16-28-21)25-18-6-8-19(26)9-7-18/h2-5,10-11,16,18-19,26H,6-9,12-15H2,1H3,(H2,23,24,25). The number of aliphatic imine (C=N–C) groups is 1. The minimum absolute atomic E-state index is 0.152. The monoisotopic (exact) mass is 385 g/mol. The van der Waals surface area contributed by atoms with E-state index in [2.05, 4.69) is 22.8 Å². The summed E-state index contributed by atoms with van der Waals surface area (Å²) in [6.45, 7) is 1.47. The molecule has 0 spiro atoms. The number of methoxy groups -OCH3 is 1. The molecule has 0 radical (unpaired) electrons. The van der Waals surface area contributed by atoms with Gasteiger partial charge in [0.2, 0.25) is 0 Å². The molecule has 0 aliphatic heterocycles. The Kier molecular flexibility index (Phi) is 7.79. The van der Waals surface area contributed by atoms with E-state index in [1.807, 2.05) is 24.3 Å². The first kappa shape index (κ1) is 20.3. The highest BCUT2D eigenvalue weighted by atomic mass is 16.5. The molecule has 1 aromatic carbocycles. The van der Waals surface area contributed by atoms with Gasteiger partial charge in [-0.1, -0.05) is 12.1 Å². The molecule has 1 heterocycles. The zero-order valence-electron chi connectivity index (χ0n) is 16.6. The van der Waals surface area contributed by atoms with Gasteiger partial charge >= 0.3 is 0 Å². The van der Waals surface area contributed by atoms with Crippen LogP contribution < -0.4 is 15.4 Å². The van der Waals surface area contributed by atoms with Crippen LogP contribution in [0.1, 0.15) is 37.0 Å². The topological polar surface area (TPSA) is 79.0 Å². The molecule has 1 aliphatic carbocycles. The Balaban J connectivity index is 1.51. The van der Waals surface area contributed by atoms with Crippen LogP contribution >= 0.6 is 0 Å². The highest BCUT2D eigenvalue weighted by molar-refractivity contribution is 5.80. The van der Waals surface area contributed by atoms with Crippen LogP contribution in [0, 0.1) is 0 Å². The maximum absolute atomic E-state index is 9.72. The van der Waals surface area contributed by atoms with Gasteiger partial charge in [0, 0.05) is 25.6 Å². The lowest BCUT2D eigenvalue weighted by Gasteiger charge is -2.27. The summed E-state index contributed by atoms with van der Waals surface area (Å²) in [7, 11) is 1.68. The van der Waals surface area contributed by atoms with Crippen molar-refractivity contribution in [1.82, 2.24) is 10.6 Å². The quantitative estimate of drug-likeness (QED) is 0.481. The number of aliphatic hydroxyl groups is 1. The first-order chi connectivity index (χ1) is 13.7. The van der Waals surface area contributed by atoms with Crippen LogP contribution in [0.25, 0.3) is 0 Å². The fourth-order valence-electron chi connectivity index (χ4n) is 3.42. The second kappa shape index (κ2) is 10.8. The molecule has 0 saturated heterocycles. The predicted molar refractivity (Wildman–Crippen MR) is 111 cm³/mol. The molecule has 1 saturated carbocycles. The minimum atomic E-state index is -0.152. The van der Waals surface area contributed by atoms with Gasteiger partial charge in [-0.2, -0.15) is 0 Å². The van der Waals surface area contributed by atoms with E-state index in [4.69, 9.17) is 14.1 Å². The van der Waals surface area contributed by atoms with Gasteiger partial charge in [0.1, 0.15) is 11.5 Å². The van der Waals surface area contributed by atoms with Crippen LogP contribution in [0.3, 0.4) is 0 Å². The van der Waals surface area contributed by atoms with E-state index in [0.717, 1.165) is 62.5 Å². The lowest BCUT2D eigenvalue weighted by atomic mass is 9.93. The van der Waals surface area contributed by atoms with Gasteiger partial charge in [0.25, 0.3) is 0 Å². The summed E-state index contributed by atoms with van der Waals surface area (Å²) in [5.74, 6) is 2.65. The van der Waals surface area contributed by atoms with Crippen molar-refractivity contribution in [1.29, 1.82) is 0 Å². The Morgan fingerprint density at radius 2 is 1.93 bits per heavy atom. The van der Waals surface area contributed by atoms with Crippen molar-refractivity contribution in [2.45, 2.75) is 50.7 Å². The third kappa shape index (κ3) is 6.60. The smallest absolute Gasteiger partial charge is 0.191 e. The average Bonchev–Trinajstić information content (AvgIpc) is 3.23. The van der Waals surface area contributed by atoms with Crippen molar-refractivity contribution >= 4 is 5.96 Å². The van der Waals surface area contributed by atoms with E-state index >= 15 is 0 Å². The zero-order valence-corrected chi connectivity index (χ0v) is 16.6. The summed E-state index contributed by atoms with van der Waals surface area (Å²) < 4.78 is 10.6. The zero-order chi connectivity index (χ0) is 19.6. The van der Waals surface area contributed by atoms with Crippen LogP contribution in [0.2, 0.25) is 0 Å². The molecule has 0 atom stereocenters.